The number of nitrogens with zero attached hydrogens (tertiary/aromatic N) is 1. The highest BCUT2D eigenvalue weighted by atomic mass is 24.3. The molecule has 1 aromatic heterocycles. The molecular formula is C15H15MgNO3. The van der Waals surface area contributed by atoms with Gasteiger partial charge in [0.2, 0.25) is 5.78 Å². The van der Waals surface area contributed by atoms with Gasteiger partial charge in [0.25, 0.3) is 0 Å². The summed E-state index contributed by atoms with van der Waals surface area (Å²) in [5.74, 6) is -1.37. The van der Waals surface area contributed by atoms with Crippen LogP contribution in [0.15, 0.2) is 42.5 Å². The van der Waals surface area contributed by atoms with Crippen LogP contribution in [-0.4, -0.2) is 44.5 Å². The molecule has 1 atom stereocenters. The molecule has 0 aliphatic carbocycles. The number of rotatable bonds is 3. The van der Waals surface area contributed by atoms with E-state index in [2.05, 4.69) is 0 Å². The van der Waals surface area contributed by atoms with Crippen LogP contribution < -0.4 is 0 Å². The number of aliphatic carboxylic acids is 1. The van der Waals surface area contributed by atoms with Gasteiger partial charge in [-0.15, -0.1) is 0 Å². The fourth-order valence-electron chi connectivity index (χ4n) is 2.63. The fraction of sp³-hybridized carbons (Fsp3) is 0.200. The molecule has 20 heavy (non-hydrogen) atoms. The van der Waals surface area contributed by atoms with Gasteiger partial charge in [-0.05, 0) is 18.6 Å². The van der Waals surface area contributed by atoms with E-state index in [1.807, 2.05) is 22.8 Å². The van der Waals surface area contributed by atoms with E-state index in [9.17, 15) is 9.59 Å². The molecule has 4 nitrogen and oxygen atoms in total. The minimum absolute atomic E-state index is 0. The number of carboxylic acid groups (broad SMARTS) is 1. The van der Waals surface area contributed by atoms with Crippen molar-refractivity contribution in [2.45, 2.75) is 18.9 Å². The zero-order valence-electron chi connectivity index (χ0n) is 10.2. The van der Waals surface area contributed by atoms with Crippen molar-refractivity contribution in [3.8, 4) is 0 Å². The van der Waals surface area contributed by atoms with Gasteiger partial charge in [0.15, 0.2) is 0 Å². The standard InChI is InChI=1S/C15H13NO3.Mg.2H/c17-14(10-4-2-1-3-5-10)13-7-6-12-11(15(18)19)8-9-16(12)13;;;/h1-7,11H,8-9H2,(H,18,19);;;. The zero-order chi connectivity index (χ0) is 13.4. The van der Waals surface area contributed by atoms with E-state index < -0.39 is 11.9 Å². The molecule has 3 rings (SSSR count). The van der Waals surface area contributed by atoms with Crippen molar-refractivity contribution in [3.63, 3.8) is 0 Å². The molecule has 0 fully saturated rings. The zero-order valence-corrected chi connectivity index (χ0v) is 10.2. The van der Waals surface area contributed by atoms with Crippen LogP contribution in [0.2, 0.25) is 0 Å². The fourth-order valence-corrected chi connectivity index (χ4v) is 2.63. The summed E-state index contributed by atoms with van der Waals surface area (Å²) < 4.78 is 1.83. The summed E-state index contributed by atoms with van der Waals surface area (Å²) in [6, 6.07) is 12.5. The van der Waals surface area contributed by atoms with Crippen LogP contribution in [0, 0.1) is 0 Å². The monoisotopic (exact) mass is 281 g/mol. The summed E-state index contributed by atoms with van der Waals surface area (Å²) in [6.07, 6.45) is 0.556. The van der Waals surface area contributed by atoms with Gasteiger partial charge in [0.05, 0.1) is 11.6 Å². The highest BCUT2D eigenvalue weighted by Gasteiger charge is 2.31. The van der Waals surface area contributed by atoms with E-state index in [0.29, 0.717) is 24.2 Å². The minimum Gasteiger partial charge on any atom is -0.481 e. The van der Waals surface area contributed by atoms with Crippen LogP contribution in [-0.2, 0) is 11.3 Å². The molecule has 1 unspecified atom stereocenters. The largest absolute Gasteiger partial charge is 0.481 e. The van der Waals surface area contributed by atoms with Crippen LogP contribution in [0.25, 0.3) is 0 Å². The molecule has 5 heteroatoms. The summed E-state index contributed by atoms with van der Waals surface area (Å²) in [6.45, 7) is 0.590. The number of aromatic nitrogens is 1. The van der Waals surface area contributed by atoms with Gasteiger partial charge in [0, 0.05) is 17.8 Å². The van der Waals surface area contributed by atoms with Crippen molar-refractivity contribution in [3.05, 3.63) is 59.4 Å². The molecular weight excluding hydrogens is 266 g/mol. The second-order valence-electron chi connectivity index (χ2n) is 4.67. The average molecular weight is 282 g/mol. The molecule has 1 N–H and O–H groups in total. The summed E-state index contributed by atoms with van der Waals surface area (Å²) >= 11 is 0. The van der Waals surface area contributed by atoms with Gasteiger partial charge >= 0.3 is 29.0 Å². The van der Waals surface area contributed by atoms with E-state index in [-0.39, 0.29) is 28.8 Å². The SMILES string of the molecule is O=C(c1ccccc1)c1ccc2n1CCC2C(=O)O.[MgH2]. The number of hydrogen-bond acceptors (Lipinski definition) is 2. The highest BCUT2D eigenvalue weighted by Crippen LogP contribution is 2.31. The number of ketones is 1. The number of carbonyl (C=O) groups is 2. The third kappa shape index (κ3) is 2.39. The summed E-state index contributed by atoms with van der Waals surface area (Å²) in [7, 11) is 0. The molecule has 0 bridgehead atoms. The molecule has 0 spiro atoms. The van der Waals surface area contributed by atoms with Crippen molar-refractivity contribution >= 4 is 34.8 Å². The molecule has 0 saturated heterocycles. The number of fused-ring (bicyclic) bond motifs is 1. The Morgan fingerprint density at radius 2 is 1.80 bits per heavy atom. The third-order valence-electron chi connectivity index (χ3n) is 3.58. The quantitative estimate of drug-likeness (QED) is 0.683. The van der Waals surface area contributed by atoms with Crippen LogP contribution in [0.3, 0.4) is 0 Å². The van der Waals surface area contributed by atoms with Crippen molar-refractivity contribution in [1.29, 1.82) is 0 Å². The summed E-state index contributed by atoms with van der Waals surface area (Å²) in [5.41, 5.74) is 1.93. The van der Waals surface area contributed by atoms with Crippen molar-refractivity contribution in [2.75, 3.05) is 0 Å². The average Bonchev–Trinajstić information content (AvgIpc) is 2.99. The lowest BCUT2D eigenvalue weighted by molar-refractivity contribution is -0.138. The first-order chi connectivity index (χ1) is 9.18. The maximum absolute atomic E-state index is 12.4. The van der Waals surface area contributed by atoms with Crippen molar-refractivity contribution < 1.29 is 14.7 Å². The van der Waals surface area contributed by atoms with E-state index in [0.717, 1.165) is 5.69 Å². The lowest BCUT2D eigenvalue weighted by Crippen LogP contribution is -2.09. The Bertz CT molecular complexity index is 648. The third-order valence-corrected chi connectivity index (χ3v) is 3.58. The number of carbonyl (C=O) groups excluding carboxylic acids is 1. The van der Waals surface area contributed by atoms with Gasteiger partial charge in [0.1, 0.15) is 0 Å². The van der Waals surface area contributed by atoms with E-state index in [4.69, 9.17) is 5.11 Å². The Labute approximate surface area is 132 Å². The summed E-state index contributed by atoms with van der Waals surface area (Å²) in [5, 5.41) is 9.13. The molecule has 1 aliphatic heterocycles. The first-order valence-electron chi connectivity index (χ1n) is 6.20. The Morgan fingerprint density at radius 3 is 2.45 bits per heavy atom. The molecule has 2 heterocycles. The van der Waals surface area contributed by atoms with Gasteiger partial charge in [-0.1, -0.05) is 30.3 Å². The van der Waals surface area contributed by atoms with E-state index >= 15 is 0 Å². The van der Waals surface area contributed by atoms with Crippen LogP contribution in [0.4, 0.5) is 0 Å². The molecule has 1 aromatic carbocycles. The molecule has 1 aliphatic rings. The first kappa shape index (κ1) is 14.8. The van der Waals surface area contributed by atoms with Crippen LogP contribution in [0.5, 0.6) is 0 Å². The molecule has 2 aromatic rings. The Hall–Kier alpha value is -1.59. The number of carboxylic acids is 1. The molecule has 0 saturated carbocycles. The highest BCUT2D eigenvalue weighted by molar-refractivity contribution is 6.08. The first-order valence-corrected chi connectivity index (χ1v) is 6.20. The minimum atomic E-state index is -0.824. The van der Waals surface area contributed by atoms with Gasteiger partial charge in [-0.3, -0.25) is 9.59 Å². The predicted octanol–water partition coefficient (Wildman–Crippen LogP) is 1.37. The molecule has 0 amide bonds. The Kier molecular flexibility index (Phi) is 4.30. The topological polar surface area (TPSA) is 59.3 Å². The predicted molar refractivity (Wildman–Crippen MR) is 77.8 cm³/mol. The normalized spacial score (nSPS) is 16.3. The van der Waals surface area contributed by atoms with E-state index in [1.165, 1.54) is 0 Å². The summed E-state index contributed by atoms with van der Waals surface area (Å²) in [4.78, 5) is 23.5. The maximum atomic E-state index is 12.4. The lowest BCUT2D eigenvalue weighted by Gasteiger charge is -2.05. The maximum Gasteiger partial charge on any atom is 0.316 e. The van der Waals surface area contributed by atoms with E-state index in [1.54, 1.807) is 24.3 Å². The molecule has 100 valence electrons. The van der Waals surface area contributed by atoms with Crippen LogP contribution in [0.1, 0.15) is 34.1 Å². The van der Waals surface area contributed by atoms with Gasteiger partial charge < -0.3 is 9.67 Å². The second kappa shape index (κ2) is 5.81. The second-order valence-corrected chi connectivity index (χ2v) is 4.67. The van der Waals surface area contributed by atoms with Crippen molar-refractivity contribution in [2.24, 2.45) is 0 Å². The number of hydrogen-bond donors (Lipinski definition) is 1. The van der Waals surface area contributed by atoms with Gasteiger partial charge in [-0.2, -0.15) is 0 Å². The lowest BCUT2D eigenvalue weighted by atomic mass is 10.1. The van der Waals surface area contributed by atoms with Crippen molar-refractivity contribution in [1.82, 2.24) is 4.57 Å². The smallest absolute Gasteiger partial charge is 0.316 e. The van der Waals surface area contributed by atoms with Crippen LogP contribution >= 0.6 is 0 Å². The molecule has 0 radical (unpaired) electrons. The van der Waals surface area contributed by atoms with Gasteiger partial charge in [-0.25, -0.2) is 0 Å². The Balaban J connectivity index is 0.00000147. The Morgan fingerprint density at radius 1 is 1.10 bits per heavy atom. The number of benzene rings is 1.